The molecule has 0 spiro atoms. The monoisotopic (exact) mass is 406 g/mol. The van der Waals surface area contributed by atoms with Crippen LogP contribution in [0, 0.1) is 0 Å². The Kier molecular flexibility index (Phi) is 5.87. The summed E-state index contributed by atoms with van der Waals surface area (Å²) in [6.07, 6.45) is 0.726. The fourth-order valence-electron chi connectivity index (χ4n) is 3.24. The Hall–Kier alpha value is -2.62. The lowest BCUT2D eigenvalue weighted by Crippen LogP contribution is -2.30. The summed E-state index contributed by atoms with van der Waals surface area (Å²) in [6.45, 7) is 3.51. The highest BCUT2D eigenvalue weighted by atomic mass is 32.2. The summed E-state index contributed by atoms with van der Waals surface area (Å²) in [5.41, 5.74) is 3.05. The molecule has 0 radical (unpaired) electrons. The zero-order valence-electron chi connectivity index (χ0n) is 15.7. The van der Waals surface area contributed by atoms with Crippen molar-refractivity contribution in [1.82, 2.24) is 4.90 Å². The highest BCUT2D eigenvalue weighted by Gasteiger charge is 2.21. The van der Waals surface area contributed by atoms with E-state index in [9.17, 15) is 13.2 Å². The molecule has 0 aromatic heterocycles. The van der Waals surface area contributed by atoms with Gasteiger partial charge in [-0.3, -0.25) is 9.69 Å². The van der Waals surface area contributed by atoms with Gasteiger partial charge in [0.2, 0.25) is 0 Å². The Balaban J connectivity index is 1.76. The molecule has 0 atom stereocenters. The van der Waals surface area contributed by atoms with E-state index in [1.807, 2.05) is 18.2 Å². The molecule has 1 aliphatic heterocycles. The number of carbonyl (C=O) groups excluding carboxylic acids is 1. The fraction of sp³-hybridized carbons (Fsp3) is 0.316. The van der Waals surface area contributed by atoms with Gasteiger partial charge in [-0.1, -0.05) is 12.1 Å². The number of rotatable bonds is 6. The van der Waals surface area contributed by atoms with Gasteiger partial charge in [0.1, 0.15) is 5.75 Å². The molecular formula is C19H22N2O6S. The first kappa shape index (κ1) is 20.1. The number of hydrogen-bond acceptors (Lipinski definition) is 7. The molecule has 0 aliphatic carbocycles. The number of benzene rings is 2. The van der Waals surface area contributed by atoms with E-state index in [4.69, 9.17) is 18.8 Å². The van der Waals surface area contributed by atoms with Crippen LogP contribution in [0.15, 0.2) is 36.4 Å². The average Bonchev–Trinajstić information content (AvgIpc) is 2.59. The number of fused-ring (bicyclic) bond motifs is 1. The minimum Gasteiger partial charge on any atom is -0.493 e. The largest absolute Gasteiger partial charge is 0.493 e. The summed E-state index contributed by atoms with van der Waals surface area (Å²) < 4.78 is 37.7. The molecule has 0 unspecified atom stereocenters. The first-order valence-electron chi connectivity index (χ1n) is 8.65. The van der Waals surface area contributed by atoms with Gasteiger partial charge >= 0.3 is 16.3 Å². The van der Waals surface area contributed by atoms with Gasteiger partial charge in [-0.2, -0.15) is 13.6 Å². The van der Waals surface area contributed by atoms with Crippen LogP contribution in [-0.4, -0.2) is 32.9 Å². The van der Waals surface area contributed by atoms with E-state index in [0.717, 1.165) is 29.7 Å². The minimum atomic E-state index is -4.13. The Morgan fingerprint density at radius 3 is 2.61 bits per heavy atom. The first-order valence-corrected chi connectivity index (χ1v) is 10.1. The number of hydrogen-bond donors (Lipinski definition) is 1. The molecular weight excluding hydrogens is 384 g/mol. The second-order valence-corrected chi connectivity index (χ2v) is 7.70. The number of esters is 1. The van der Waals surface area contributed by atoms with Gasteiger partial charge in [0.05, 0.1) is 7.11 Å². The standard InChI is InChI=1S/C19H22N2O6S/c1-13(22)26-17-5-3-4-14(8-17)11-21-7-6-15-9-19(27-28(20,23)24)18(25-2)10-16(15)12-21/h3-5,8-10H,6-7,11-12H2,1-2H3,(H2,20,23,24). The van der Waals surface area contributed by atoms with Crippen LogP contribution >= 0.6 is 0 Å². The molecule has 1 aliphatic rings. The van der Waals surface area contributed by atoms with Crippen LogP contribution in [0.2, 0.25) is 0 Å². The summed E-state index contributed by atoms with van der Waals surface area (Å²) in [7, 11) is -2.68. The van der Waals surface area contributed by atoms with E-state index in [1.54, 1.807) is 18.2 Å². The van der Waals surface area contributed by atoms with Gasteiger partial charge in [0, 0.05) is 26.6 Å². The maximum absolute atomic E-state index is 11.2. The Morgan fingerprint density at radius 1 is 1.18 bits per heavy atom. The zero-order valence-corrected chi connectivity index (χ0v) is 16.5. The van der Waals surface area contributed by atoms with Gasteiger partial charge < -0.3 is 13.7 Å². The normalized spacial score (nSPS) is 14.2. The Bertz CT molecular complexity index is 990. The zero-order chi connectivity index (χ0) is 20.3. The quantitative estimate of drug-likeness (QED) is 0.575. The van der Waals surface area contributed by atoms with Crippen molar-refractivity contribution in [3.63, 3.8) is 0 Å². The molecule has 0 bridgehead atoms. The van der Waals surface area contributed by atoms with Crippen molar-refractivity contribution in [1.29, 1.82) is 0 Å². The molecule has 28 heavy (non-hydrogen) atoms. The molecule has 2 N–H and O–H groups in total. The van der Waals surface area contributed by atoms with Gasteiger partial charge in [0.15, 0.2) is 11.5 Å². The van der Waals surface area contributed by atoms with Crippen LogP contribution in [0.3, 0.4) is 0 Å². The molecule has 0 saturated heterocycles. The maximum Gasteiger partial charge on any atom is 0.380 e. The highest BCUT2D eigenvalue weighted by molar-refractivity contribution is 7.84. The number of nitrogens with zero attached hydrogens (tertiary/aromatic N) is 1. The number of carbonyl (C=O) groups is 1. The van der Waals surface area contributed by atoms with E-state index in [-0.39, 0.29) is 11.7 Å². The SMILES string of the molecule is COc1cc2c(cc1OS(N)(=O)=O)CCN(Cc1cccc(OC(C)=O)c1)C2. The van der Waals surface area contributed by atoms with Crippen molar-refractivity contribution >= 4 is 16.3 Å². The van der Waals surface area contributed by atoms with E-state index in [0.29, 0.717) is 24.6 Å². The number of nitrogens with two attached hydrogens (primary N) is 1. The molecule has 150 valence electrons. The summed E-state index contributed by atoms with van der Waals surface area (Å²) in [6, 6.07) is 10.9. The van der Waals surface area contributed by atoms with Crippen LogP contribution < -0.4 is 18.8 Å². The summed E-state index contributed by atoms with van der Waals surface area (Å²) in [4.78, 5) is 13.4. The second-order valence-electron chi connectivity index (χ2n) is 6.55. The lowest BCUT2D eigenvalue weighted by atomic mass is 9.98. The predicted octanol–water partition coefficient (Wildman–Crippen LogP) is 1.76. The third-order valence-electron chi connectivity index (χ3n) is 4.35. The summed E-state index contributed by atoms with van der Waals surface area (Å²) >= 11 is 0. The van der Waals surface area contributed by atoms with Gasteiger partial charge in [0.25, 0.3) is 0 Å². The summed E-state index contributed by atoms with van der Waals surface area (Å²) in [5.74, 6) is 0.570. The molecule has 1 heterocycles. The van der Waals surface area contributed by atoms with Crippen LogP contribution in [0.25, 0.3) is 0 Å². The molecule has 0 fully saturated rings. The van der Waals surface area contributed by atoms with Gasteiger partial charge in [-0.25, -0.2) is 0 Å². The molecule has 0 amide bonds. The molecule has 2 aromatic rings. The first-order chi connectivity index (χ1) is 13.2. The van der Waals surface area contributed by atoms with Crippen molar-refractivity contribution in [3.05, 3.63) is 53.1 Å². The fourth-order valence-corrected chi connectivity index (χ4v) is 3.62. The van der Waals surface area contributed by atoms with Crippen molar-refractivity contribution in [2.75, 3.05) is 13.7 Å². The van der Waals surface area contributed by atoms with Crippen molar-refractivity contribution < 1.29 is 26.9 Å². The van der Waals surface area contributed by atoms with E-state index in [2.05, 4.69) is 4.90 Å². The lowest BCUT2D eigenvalue weighted by Gasteiger charge is -2.29. The third kappa shape index (κ3) is 5.22. The number of methoxy groups -OCH3 is 1. The lowest BCUT2D eigenvalue weighted by molar-refractivity contribution is -0.131. The third-order valence-corrected chi connectivity index (χ3v) is 4.76. The average molecular weight is 406 g/mol. The molecule has 9 heteroatoms. The highest BCUT2D eigenvalue weighted by Crippen LogP contribution is 2.34. The van der Waals surface area contributed by atoms with E-state index >= 15 is 0 Å². The van der Waals surface area contributed by atoms with E-state index < -0.39 is 10.3 Å². The van der Waals surface area contributed by atoms with E-state index in [1.165, 1.54) is 14.0 Å². The van der Waals surface area contributed by atoms with Crippen molar-refractivity contribution in [2.45, 2.75) is 26.4 Å². The molecule has 8 nitrogen and oxygen atoms in total. The van der Waals surface area contributed by atoms with Gasteiger partial charge in [-0.05, 0) is 47.4 Å². The van der Waals surface area contributed by atoms with Crippen molar-refractivity contribution in [2.24, 2.45) is 5.14 Å². The maximum atomic E-state index is 11.2. The van der Waals surface area contributed by atoms with Crippen LogP contribution in [0.1, 0.15) is 23.6 Å². The second kappa shape index (κ2) is 8.17. The molecule has 0 saturated carbocycles. The predicted molar refractivity (Wildman–Crippen MR) is 102 cm³/mol. The molecule has 2 aromatic carbocycles. The number of ether oxygens (including phenoxy) is 2. The topological polar surface area (TPSA) is 108 Å². The summed E-state index contributed by atoms with van der Waals surface area (Å²) in [5, 5.41) is 4.97. The van der Waals surface area contributed by atoms with Crippen LogP contribution in [-0.2, 0) is 34.6 Å². The van der Waals surface area contributed by atoms with Crippen LogP contribution in [0.4, 0.5) is 0 Å². The van der Waals surface area contributed by atoms with Crippen molar-refractivity contribution in [3.8, 4) is 17.2 Å². The minimum absolute atomic E-state index is 0.0892. The van der Waals surface area contributed by atoms with Gasteiger partial charge in [-0.15, -0.1) is 0 Å². The smallest absolute Gasteiger partial charge is 0.380 e. The Morgan fingerprint density at radius 2 is 1.93 bits per heavy atom. The Labute approximate surface area is 164 Å². The molecule has 3 rings (SSSR count). The van der Waals surface area contributed by atoms with Crippen LogP contribution in [0.5, 0.6) is 17.2 Å².